The lowest BCUT2D eigenvalue weighted by molar-refractivity contribution is -0.127. The van der Waals surface area contributed by atoms with E-state index in [4.69, 9.17) is 15.6 Å². The van der Waals surface area contributed by atoms with Gasteiger partial charge in [-0.05, 0) is 55.3 Å². The zero-order chi connectivity index (χ0) is 23.5. The van der Waals surface area contributed by atoms with Crippen LogP contribution in [0.25, 0.3) is 0 Å². The molecule has 2 unspecified atom stereocenters. The summed E-state index contributed by atoms with van der Waals surface area (Å²) in [6.07, 6.45) is 0. The van der Waals surface area contributed by atoms with Crippen LogP contribution in [0.2, 0.25) is 0 Å². The van der Waals surface area contributed by atoms with Gasteiger partial charge in [-0.25, -0.2) is 0 Å². The van der Waals surface area contributed by atoms with Crippen molar-refractivity contribution in [2.45, 2.75) is 38.6 Å². The van der Waals surface area contributed by atoms with Gasteiger partial charge in [-0.3, -0.25) is 9.59 Å². The number of nitrogens with one attached hydrogen (secondary N) is 1. The Bertz CT molecular complexity index is 973. The lowest BCUT2D eigenvalue weighted by Crippen LogP contribution is -2.65. The molecule has 2 aromatic carbocycles. The normalized spacial score (nSPS) is 21.7. The minimum absolute atomic E-state index is 0.0879. The second kappa shape index (κ2) is 9.30. The van der Waals surface area contributed by atoms with Crippen LogP contribution in [0.4, 0.5) is 5.69 Å². The monoisotopic (exact) mass is 438 g/mol. The van der Waals surface area contributed by atoms with Crippen molar-refractivity contribution in [3.63, 3.8) is 0 Å². The summed E-state index contributed by atoms with van der Waals surface area (Å²) in [5.74, 6) is -0.571. The van der Waals surface area contributed by atoms with E-state index in [0.29, 0.717) is 25.4 Å². The predicted octanol–water partition coefficient (Wildman–Crippen LogP) is 2.00. The maximum atomic E-state index is 12.9. The molecule has 1 aliphatic rings. The summed E-state index contributed by atoms with van der Waals surface area (Å²) in [4.78, 5) is 27.2. The van der Waals surface area contributed by atoms with Crippen LogP contribution in [-0.2, 0) is 15.0 Å². The first kappa shape index (κ1) is 23.8. The SMILES string of the molecule is CC(=O)N1c2cc[c]cc2C(C)(c2ccc(OCCNCCO)cc2)C(C(N)=O)C1(C)C. The molecule has 0 aliphatic carbocycles. The molecule has 2 aromatic rings. The summed E-state index contributed by atoms with van der Waals surface area (Å²) in [5, 5.41) is 11.9. The molecule has 0 aromatic heterocycles. The molecular weight excluding hydrogens is 406 g/mol. The number of carbonyl (C=O) groups is 2. The minimum Gasteiger partial charge on any atom is -0.492 e. The van der Waals surface area contributed by atoms with Crippen molar-refractivity contribution < 1.29 is 19.4 Å². The predicted molar refractivity (Wildman–Crippen MR) is 124 cm³/mol. The van der Waals surface area contributed by atoms with Crippen LogP contribution >= 0.6 is 0 Å². The third kappa shape index (κ3) is 4.10. The minimum atomic E-state index is -0.839. The fourth-order valence-electron chi connectivity index (χ4n) is 5.21. The molecule has 171 valence electrons. The van der Waals surface area contributed by atoms with Crippen molar-refractivity contribution >= 4 is 17.5 Å². The Balaban J connectivity index is 2.04. The van der Waals surface area contributed by atoms with Crippen LogP contribution in [0.5, 0.6) is 5.75 Å². The van der Waals surface area contributed by atoms with E-state index < -0.39 is 22.8 Å². The van der Waals surface area contributed by atoms with E-state index in [9.17, 15) is 9.59 Å². The van der Waals surface area contributed by atoms with Crippen LogP contribution in [0.15, 0.2) is 42.5 Å². The molecule has 1 aliphatic heterocycles. The Kier molecular flexibility index (Phi) is 6.91. The lowest BCUT2D eigenvalue weighted by atomic mass is 9.57. The number of aliphatic hydroxyl groups excluding tert-OH is 1. The van der Waals surface area contributed by atoms with Crippen LogP contribution < -0.4 is 20.7 Å². The van der Waals surface area contributed by atoms with Gasteiger partial charge in [-0.1, -0.05) is 25.1 Å². The molecule has 4 N–H and O–H groups in total. The Morgan fingerprint density at radius 1 is 1.19 bits per heavy atom. The number of primary amides is 1. The van der Waals surface area contributed by atoms with Gasteiger partial charge < -0.3 is 25.8 Å². The van der Waals surface area contributed by atoms with Gasteiger partial charge in [0.15, 0.2) is 0 Å². The molecule has 0 saturated carbocycles. The molecule has 0 bridgehead atoms. The molecule has 7 nitrogen and oxygen atoms in total. The molecule has 1 heterocycles. The molecule has 7 heteroatoms. The number of nitrogens with two attached hydrogens (primary N) is 1. The van der Waals surface area contributed by atoms with Gasteiger partial charge >= 0.3 is 0 Å². The van der Waals surface area contributed by atoms with Crippen molar-refractivity contribution in [3.05, 3.63) is 59.7 Å². The van der Waals surface area contributed by atoms with E-state index in [2.05, 4.69) is 11.4 Å². The molecule has 0 saturated heterocycles. The third-order valence-electron chi connectivity index (χ3n) is 6.39. The zero-order valence-corrected chi connectivity index (χ0v) is 19.1. The van der Waals surface area contributed by atoms with Crippen molar-refractivity contribution in [1.82, 2.24) is 5.32 Å². The van der Waals surface area contributed by atoms with Gasteiger partial charge in [0.2, 0.25) is 11.8 Å². The Labute approximate surface area is 189 Å². The second-order valence-electron chi connectivity index (χ2n) is 8.84. The maximum absolute atomic E-state index is 12.9. The fourth-order valence-corrected chi connectivity index (χ4v) is 5.21. The highest BCUT2D eigenvalue weighted by atomic mass is 16.5. The summed E-state index contributed by atoms with van der Waals surface area (Å²) < 4.78 is 5.77. The highest BCUT2D eigenvalue weighted by Crippen LogP contribution is 2.54. The average Bonchev–Trinajstić information content (AvgIpc) is 2.73. The molecule has 32 heavy (non-hydrogen) atoms. The van der Waals surface area contributed by atoms with E-state index in [1.54, 1.807) is 11.0 Å². The molecule has 3 rings (SSSR count). The van der Waals surface area contributed by atoms with Crippen LogP contribution in [0.3, 0.4) is 0 Å². The summed E-state index contributed by atoms with van der Waals surface area (Å²) in [7, 11) is 0. The number of anilines is 1. The topological polar surface area (TPSA) is 105 Å². The number of hydrogen-bond acceptors (Lipinski definition) is 5. The first-order chi connectivity index (χ1) is 15.2. The number of hydrogen-bond donors (Lipinski definition) is 3. The summed E-state index contributed by atoms with van der Waals surface area (Å²) in [5.41, 5.74) is 6.87. The summed E-state index contributed by atoms with van der Waals surface area (Å²) in [6.45, 7) is 8.99. The fraction of sp³-hybridized carbons (Fsp3) is 0.440. The number of benzene rings is 2. The molecule has 2 amide bonds. The number of rotatable bonds is 8. The number of carbonyl (C=O) groups excluding carboxylic acids is 2. The van der Waals surface area contributed by atoms with Crippen LogP contribution in [0, 0.1) is 12.0 Å². The Hall–Kier alpha value is -2.90. The highest BCUT2D eigenvalue weighted by Gasteiger charge is 2.57. The summed E-state index contributed by atoms with van der Waals surface area (Å²) in [6, 6.07) is 16.2. The average molecular weight is 439 g/mol. The van der Waals surface area contributed by atoms with Gasteiger partial charge in [0.05, 0.1) is 18.1 Å². The highest BCUT2D eigenvalue weighted by molar-refractivity contribution is 5.98. The third-order valence-corrected chi connectivity index (χ3v) is 6.39. The van der Waals surface area contributed by atoms with E-state index in [1.165, 1.54) is 6.92 Å². The lowest BCUT2D eigenvalue weighted by Gasteiger charge is -2.55. The molecule has 1 radical (unpaired) electrons. The van der Waals surface area contributed by atoms with Crippen molar-refractivity contribution in [2.24, 2.45) is 11.7 Å². The second-order valence-corrected chi connectivity index (χ2v) is 8.84. The number of aliphatic hydroxyl groups is 1. The molecular formula is C25H32N3O4. The standard InChI is InChI=1S/C25H32N3O4/c1-17(30)28-21-8-6-5-7-20(21)25(4,22(23(26)31)24(28,2)3)18-9-11-19(12-10-18)32-16-14-27-13-15-29/h6-12,22,27,29H,13-16H2,1-4H3,(H2,26,31). The first-order valence-corrected chi connectivity index (χ1v) is 10.8. The van der Waals surface area contributed by atoms with Gasteiger partial charge in [0.1, 0.15) is 12.4 Å². The van der Waals surface area contributed by atoms with E-state index in [0.717, 1.165) is 16.8 Å². The first-order valence-electron chi connectivity index (χ1n) is 10.8. The van der Waals surface area contributed by atoms with Gasteiger partial charge in [-0.15, -0.1) is 0 Å². The Morgan fingerprint density at radius 3 is 2.47 bits per heavy atom. The van der Waals surface area contributed by atoms with Crippen molar-refractivity contribution in [3.8, 4) is 5.75 Å². The molecule has 0 fully saturated rings. The Morgan fingerprint density at radius 2 is 1.88 bits per heavy atom. The van der Waals surface area contributed by atoms with Crippen molar-refractivity contribution in [2.75, 3.05) is 31.2 Å². The molecule has 2 atom stereocenters. The van der Waals surface area contributed by atoms with E-state index in [1.807, 2.05) is 57.2 Å². The van der Waals surface area contributed by atoms with Gasteiger partial charge in [0, 0.05) is 31.1 Å². The number of nitrogens with zero attached hydrogens (tertiary/aromatic N) is 1. The largest absolute Gasteiger partial charge is 0.492 e. The number of amides is 2. The van der Waals surface area contributed by atoms with Crippen LogP contribution in [0.1, 0.15) is 38.8 Å². The quantitative estimate of drug-likeness (QED) is 0.547. The zero-order valence-electron chi connectivity index (χ0n) is 19.1. The van der Waals surface area contributed by atoms with E-state index >= 15 is 0 Å². The summed E-state index contributed by atoms with van der Waals surface area (Å²) >= 11 is 0. The van der Waals surface area contributed by atoms with Gasteiger partial charge in [0.25, 0.3) is 0 Å². The van der Waals surface area contributed by atoms with Crippen LogP contribution in [-0.4, -0.2) is 48.8 Å². The van der Waals surface area contributed by atoms with Crippen molar-refractivity contribution in [1.29, 1.82) is 0 Å². The number of fused-ring (bicyclic) bond motifs is 1. The van der Waals surface area contributed by atoms with E-state index in [-0.39, 0.29) is 12.5 Å². The number of ether oxygens (including phenoxy) is 1. The smallest absolute Gasteiger partial charge is 0.224 e. The van der Waals surface area contributed by atoms with Gasteiger partial charge in [-0.2, -0.15) is 0 Å². The molecule has 0 spiro atoms. The maximum Gasteiger partial charge on any atom is 0.224 e.